The molecule has 112 valence electrons. The van der Waals surface area contributed by atoms with Crippen molar-refractivity contribution in [2.24, 2.45) is 0 Å². The van der Waals surface area contributed by atoms with Gasteiger partial charge >= 0.3 is 0 Å². The van der Waals surface area contributed by atoms with Crippen LogP contribution in [0.15, 0.2) is 18.3 Å². The number of carbonyl (C=O) groups is 1. The summed E-state index contributed by atoms with van der Waals surface area (Å²) in [6.45, 7) is 4.19. The zero-order chi connectivity index (χ0) is 14.4. The van der Waals surface area contributed by atoms with Crippen LogP contribution in [0.25, 0.3) is 0 Å². The summed E-state index contributed by atoms with van der Waals surface area (Å²) in [6, 6.07) is 4.62. The van der Waals surface area contributed by atoms with E-state index in [1.54, 1.807) is 11.8 Å². The third kappa shape index (κ3) is 3.79. The molecule has 1 saturated heterocycles. The van der Waals surface area contributed by atoms with Gasteiger partial charge in [0.25, 0.3) is 5.91 Å². The molecule has 2 heterocycles. The van der Waals surface area contributed by atoms with Crippen LogP contribution in [-0.2, 0) is 0 Å². The minimum atomic E-state index is 0.0643. The molecule has 1 aromatic rings. The van der Waals surface area contributed by atoms with E-state index in [9.17, 15) is 4.79 Å². The second-order valence-electron chi connectivity index (χ2n) is 5.32. The number of thioether (sulfide) groups is 1. The normalized spacial score (nSPS) is 17.9. The van der Waals surface area contributed by atoms with Crippen molar-refractivity contribution >= 4 is 17.7 Å². The van der Waals surface area contributed by atoms with Crippen molar-refractivity contribution in [3.8, 4) is 0 Å². The number of amides is 1. The molecule has 5 heteroatoms. The maximum Gasteiger partial charge on any atom is 0.268 e. The maximum atomic E-state index is 12.5. The predicted octanol–water partition coefficient (Wildman–Crippen LogP) is 2.28. The molecule has 1 atom stereocenters. The number of nitrogens with one attached hydrogen (secondary N) is 2. The van der Waals surface area contributed by atoms with Gasteiger partial charge in [-0.1, -0.05) is 6.92 Å². The Labute approximate surface area is 125 Å². The Morgan fingerprint density at radius 1 is 1.55 bits per heavy atom. The van der Waals surface area contributed by atoms with Crippen molar-refractivity contribution in [2.75, 3.05) is 25.1 Å². The lowest BCUT2D eigenvalue weighted by molar-refractivity contribution is 0.0927. The summed E-state index contributed by atoms with van der Waals surface area (Å²) in [6.07, 6.45) is 7.28. The maximum absolute atomic E-state index is 12.5. The van der Waals surface area contributed by atoms with Crippen LogP contribution >= 0.6 is 11.8 Å². The molecule has 1 fully saturated rings. The standard InChI is InChI=1S/C15H25N3OS/c1-3-12(11-20-2)17-15(19)14-5-4-10-18(14)13-6-8-16-9-7-13/h4-5,10,12-13,16H,3,6-9,11H2,1-2H3,(H,17,19). The molecule has 0 aliphatic carbocycles. The summed E-state index contributed by atoms with van der Waals surface area (Å²) in [5.41, 5.74) is 0.802. The van der Waals surface area contributed by atoms with Gasteiger partial charge in [-0.2, -0.15) is 11.8 Å². The molecule has 2 rings (SSSR count). The molecule has 1 aliphatic rings. The van der Waals surface area contributed by atoms with Crippen LogP contribution < -0.4 is 10.6 Å². The Balaban J connectivity index is 2.04. The van der Waals surface area contributed by atoms with Crippen LogP contribution in [0.5, 0.6) is 0 Å². The van der Waals surface area contributed by atoms with Gasteiger partial charge in [-0.3, -0.25) is 4.79 Å². The number of nitrogens with zero attached hydrogens (tertiary/aromatic N) is 1. The first-order chi connectivity index (χ1) is 9.76. The van der Waals surface area contributed by atoms with E-state index in [2.05, 4.69) is 28.4 Å². The average Bonchev–Trinajstić information content (AvgIpc) is 2.97. The fraction of sp³-hybridized carbons (Fsp3) is 0.667. The Morgan fingerprint density at radius 3 is 2.95 bits per heavy atom. The molecule has 0 spiro atoms. The largest absolute Gasteiger partial charge is 0.347 e. The Bertz CT molecular complexity index is 427. The molecular weight excluding hydrogens is 270 g/mol. The van der Waals surface area contributed by atoms with Gasteiger partial charge in [0.05, 0.1) is 0 Å². The van der Waals surface area contributed by atoms with Gasteiger partial charge in [-0.05, 0) is 50.7 Å². The van der Waals surface area contributed by atoms with E-state index in [1.807, 2.05) is 18.3 Å². The zero-order valence-electron chi connectivity index (χ0n) is 12.4. The van der Waals surface area contributed by atoms with Crippen molar-refractivity contribution in [3.05, 3.63) is 24.0 Å². The topological polar surface area (TPSA) is 46.1 Å². The summed E-state index contributed by atoms with van der Waals surface area (Å²) in [4.78, 5) is 12.5. The van der Waals surface area contributed by atoms with Gasteiger partial charge in [-0.25, -0.2) is 0 Å². The lowest BCUT2D eigenvalue weighted by atomic mass is 10.1. The van der Waals surface area contributed by atoms with Gasteiger partial charge in [0.2, 0.25) is 0 Å². The van der Waals surface area contributed by atoms with Gasteiger partial charge in [0.15, 0.2) is 0 Å². The second-order valence-corrected chi connectivity index (χ2v) is 6.23. The zero-order valence-corrected chi connectivity index (χ0v) is 13.2. The summed E-state index contributed by atoms with van der Waals surface area (Å²) < 4.78 is 2.15. The molecule has 4 nitrogen and oxygen atoms in total. The van der Waals surface area contributed by atoms with E-state index >= 15 is 0 Å². The third-order valence-corrected chi connectivity index (χ3v) is 4.65. The SMILES string of the molecule is CCC(CSC)NC(=O)c1cccn1C1CCNCC1. The van der Waals surface area contributed by atoms with E-state index < -0.39 is 0 Å². The van der Waals surface area contributed by atoms with Crippen molar-refractivity contribution < 1.29 is 4.79 Å². The number of hydrogen-bond donors (Lipinski definition) is 2. The highest BCUT2D eigenvalue weighted by molar-refractivity contribution is 7.98. The van der Waals surface area contributed by atoms with Crippen LogP contribution in [0.1, 0.15) is 42.7 Å². The van der Waals surface area contributed by atoms with Gasteiger partial charge < -0.3 is 15.2 Å². The minimum absolute atomic E-state index is 0.0643. The molecule has 20 heavy (non-hydrogen) atoms. The smallest absolute Gasteiger partial charge is 0.268 e. The van der Waals surface area contributed by atoms with E-state index in [0.29, 0.717) is 6.04 Å². The summed E-state index contributed by atoms with van der Waals surface area (Å²) in [7, 11) is 0. The van der Waals surface area contributed by atoms with Crippen molar-refractivity contribution in [3.63, 3.8) is 0 Å². The number of hydrogen-bond acceptors (Lipinski definition) is 3. The number of carbonyl (C=O) groups excluding carboxylic acids is 1. The van der Waals surface area contributed by atoms with Crippen LogP contribution in [0.3, 0.4) is 0 Å². The average molecular weight is 295 g/mol. The highest BCUT2D eigenvalue weighted by Gasteiger charge is 2.21. The minimum Gasteiger partial charge on any atom is -0.347 e. The van der Waals surface area contributed by atoms with Gasteiger partial charge in [0.1, 0.15) is 5.69 Å². The summed E-state index contributed by atoms with van der Waals surface area (Å²) in [5.74, 6) is 1.03. The Kier molecular flexibility index (Phi) is 5.98. The fourth-order valence-electron chi connectivity index (χ4n) is 2.71. The van der Waals surface area contributed by atoms with Gasteiger partial charge in [-0.15, -0.1) is 0 Å². The van der Waals surface area contributed by atoms with Crippen molar-refractivity contribution in [2.45, 2.75) is 38.3 Å². The molecule has 0 bridgehead atoms. The third-order valence-electron chi connectivity index (χ3n) is 3.91. The van der Waals surface area contributed by atoms with Crippen LogP contribution in [0.4, 0.5) is 0 Å². The van der Waals surface area contributed by atoms with Crippen LogP contribution in [0, 0.1) is 0 Å². The molecule has 0 aromatic carbocycles. The second kappa shape index (κ2) is 7.74. The van der Waals surface area contributed by atoms with Crippen LogP contribution in [-0.4, -0.2) is 41.6 Å². The fourth-order valence-corrected chi connectivity index (χ4v) is 3.43. The number of piperidine rings is 1. The Morgan fingerprint density at radius 2 is 2.30 bits per heavy atom. The van der Waals surface area contributed by atoms with Crippen molar-refractivity contribution in [1.82, 2.24) is 15.2 Å². The molecule has 1 aliphatic heterocycles. The summed E-state index contributed by atoms with van der Waals surface area (Å²) in [5, 5.41) is 6.52. The van der Waals surface area contributed by atoms with E-state index in [1.165, 1.54) is 0 Å². The number of aromatic nitrogens is 1. The van der Waals surface area contributed by atoms with E-state index in [4.69, 9.17) is 0 Å². The highest BCUT2D eigenvalue weighted by Crippen LogP contribution is 2.21. The first kappa shape index (κ1) is 15.4. The molecule has 1 aromatic heterocycles. The van der Waals surface area contributed by atoms with Crippen molar-refractivity contribution in [1.29, 1.82) is 0 Å². The Hall–Kier alpha value is -0.940. The molecule has 1 amide bonds. The van der Waals surface area contributed by atoms with E-state index in [-0.39, 0.29) is 11.9 Å². The first-order valence-corrected chi connectivity index (χ1v) is 8.83. The molecule has 2 N–H and O–H groups in total. The first-order valence-electron chi connectivity index (χ1n) is 7.43. The lowest BCUT2D eigenvalue weighted by Crippen LogP contribution is -2.38. The van der Waals surface area contributed by atoms with E-state index in [0.717, 1.165) is 43.8 Å². The lowest BCUT2D eigenvalue weighted by Gasteiger charge is -2.26. The highest BCUT2D eigenvalue weighted by atomic mass is 32.2. The van der Waals surface area contributed by atoms with Crippen LogP contribution in [0.2, 0.25) is 0 Å². The molecule has 0 radical (unpaired) electrons. The quantitative estimate of drug-likeness (QED) is 0.846. The summed E-state index contributed by atoms with van der Waals surface area (Å²) >= 11 is 1.78. The predicted molar refractivity (Wildman–Crippen MR) is 85.5 cm³/mol. The molecular formula is C15H25N3OS. The molecule has 1 unspecified atom stereocenters. The molecule has 0 saturated carbocycles. The monoisotopic (exact) mass is 295 g/mol. The van der Waals surface area contributed by atoms with Gasteiger partial charge in [0, 0.05) is 24.0 Å². The number of rotatable bonds is 6.